The van der Waals surface area contributed by atoms with Gasteiger partial charge >= 0.3 is 5.97 Å². The maximum absolute atomic E-state index is 13.6. The number of carbonyl (C=O) groups excluding carboxylic acids is 1. The molecule has 1 heterocycles. The molecule has 21 heavy (non-hydrogen) atoms. The number of aliphatic hydroxyl groups is 1. The fourth-order valence-corrected chi connectivity index (χ4v) is 1.79. The Balaban J connectivity index is 2.27. The molecule has 0 aliphatic carbocycles. The van der Waals surface area contributed by atoms with Crippen LogP contribution in [0.25, 0.3) is 0 Å². The van der Waals surface area contributed by atoms with Gasteiger partial charge in [0.15, 0.2) is 5.78 Å². The minimum atomic E-state index is -1.61. The Morgan fingerprint density at radius 1 is 1.14 bits per heavy atom. The second-order valence-electron chi connectivity index (χ2n) is 4.28. The van der Waals surface area contributed by atoms with E-state index >= 15 is 0 Å². The second kappa shape index (κ2) is 6.04. The van der Waals surface area contributed by atoms with Crippen LogP contribution in [-0.2, 0) is 11.2 Å². The highest BCUT2D eigenvalue weighted by Crippen LogP contribution is 2.19. The molecule has 0 saturated heterocycles. The summed E-state index contributed by atoms with van der Waals surface area (Å²) in [6, 6.07) is 6.08. The Kier molecular flexibility index (Phi) is 4.18. The first-order valence-electron chi connectivity index (χ1n) is 5.96. The van der Waals surface area contributed by atoms with Crippen molar-refractivity contribution < 1.29 is 28.6 Å². The molecule has 0 atom stereocenters. The van der Waals surface area contributed by atoms with E-state index in [-0.39, 0.29) is 12.0 Å². The Morgan fingerprint density at radius 3 is 2.52 bits per heavy atom. The molecular weight excluding hydrogens is 279 g/mol. The minimum Gasteiger partial charge on any atom is -0.502 e. The zero-order valence-electron chi connectivity index (χ0n) is 10.7. The summed E-state index contributed by atoms with van der Waals surface area (Å²) in [5, 5.41) is 17.6. The van der Waals surface area contributed by atoms with Gasteiger partial charge in [0, 0.05) is 18.1 Å². The molecule has 0 unspecified atom stereocenters. The predicted molar refractivity (Wildman–Crippen MR) is 70.6 cm³/mol. The Morgan fingerprint density at radius 2 is 1.86 bits per heavy atom. The first kappa shape index (κ1) is 14.5. The van der Waals surface area contributed by atoms with Gasteiger partial charge in [-0.25, -0.2) is 9.18 Å². The smallest absolute Gasteiger partial charge is 0.371 e. The van der Waals surface area contributed by atoms with Crippen LogP contribution in [0, 0.1) is 5.82 Å². The molecule has 2 rings (SSSR count). The van der Waals surface area contributed by atoms with Gasteiger partial charge in [-0.15, -0.1) is 0 Å². The third-order valence-electron chi connectivity index (χ3n) is 2.83. The van der Waals surface area contributed by atoms with Gasteiger partial charge in [-0.2, -0.15) is 0 Å². The van der Waals surface area contributed by atoms with Gasteiger partial charge in [0.2, 0.25) is 5.76 Å². The Labute approximate surface area is 118 Å². The molecule has 0 aliphatic heterocycles. The maximum Gasteiger partial charge on any atom is 0.371 e. The fraction of sp³-hybridized carbons (Fsp3) is 0.0667. The molecule has 0 amide bonds. The van der Waals surface area contributed by atoms with Crippen LogP contribution in [0.15, 0.2) is 53.0 Å². The van der Waals surface area contributed by atoms with E-state index in [4.69, 9.17) is 14.6 Å². The van der Waals surface area contributed by atoms with E-state index in [1.165, 1.54) is 12.3 Å². The molecule has 2 N–H and O–H groups in total. The van der Waals surface area contributed by atoms with Gasteiger partial charge < -0.3 is 14.6 Å². The number of carbonyl (C=O) groups is 2. The van der Waals surface area contributed by atoms with E-state index in [0.717, 1.165) is 6.26 Å². The number of aliphatic carboxylic acids is 1. The molecule has 6 heteroatoms. The van der Waals surface area contributed by atoms with Crippen molar-refractivity contribution in [3.8, 4) is 0 Å². The van der Waals surface area contributed by atoms with Crippen molar-refractivity contribution >= 4 is 11.8 Å². The number of halogens is 1. The van der Waals surface area contributed by atoms with Crippen LogP contribution in [0.5, 0.6) is 0 Å². The number of carboxylic acids is 1. The molecule has 108 valence electrons. The summed E-state index contributed by atoms with van der Waals surface area (Å²) in [6.45, 7) is 0. The molecule has 0 aliphatic rings. The SMILES string of the molecule is O=C(O)C(O)=CC(=O)c1cocc1Cc1ccccc1F. The van der Waals surface area contributed by atoms with Gasteiger partial charge in [-0.05, 0) is 11.6 Å². The summed E-state index contributed by atoms with van der Waals surface area (Å²) in [7, 11) is 0. The van der Waals surface area contributed by atoms with Gasteiger partial charge in [0.05, 0.1) is 11.8 Å². The van der Waals surface area contributed by atoms with E-state index in [9.17, 15) is 14.0 Å². The van der Waals surface area contributed by atoms with E-state index in [1.807, 2.05) is 0 Å². The zero-order chi connectivity index (χ0) is 15.4. The fourth-order valence-electron chi connectivity index (χ4n) is 1.79. The van der Waals surface area contributed by atoms with Crippen molar-refractivity contribution in [1.29, 1.82) is 0 Å². The van der Waals surface area contributed by atoms with E-state index in [2.05, 4.69) is 0 Å². The molecule has 5 nitrogen and oxygen atoms in total. The molecule has 1 aromatic carbocycles. The van der Waals surface area contributed by atoms with E-state index in [0.29, 0.717) is 17.2 Å². The number of furan rings is 1. The van der Waals surface area contributed by atoms with Crippen LogP contribution >= 0.6 is 0 Å². The van der Waals surface area contributed by atoms with Gasteiger partial charge in [-0.1, -0.05) is 18.2 Å². The lowest BCUT2D eigenvalue weighted by molar-refractivity contribution is -0.135. The summed E-state index contributed by atoms with van der Waals surface area (Å²) in [6.07, 6.45) is 3.11. The van der Waals surface area contributed by atoms with Crippen LogP contribution in [-0.4, -0.2) is 22.0 Å². The van der Waals surface area contributed by atoms with Crippen LogP contribution in [0.3, 0.4) is 0 Å². The molecule has 2 aromatic rings. The monoisotopic (exact) mass is 290 g/mol. The number of rotatable bonds is 5. The predicted octanol–water partition coefficient (Wildman–Crippen LogP) is 2.72. The largest absolute Gasteiger partial charge is 0.502 e. The normalized spacial score (nSPS) is 11.4. The number of ketones is 1. The van der Waals surface area contributed by atoms with Gasteiger partial charge in [0.1, 0.15) is 12.1 Å². The van der Waals surface area contributed by atoms with Gasteiger partial charge in [-0.3, -0.25) is 4.79 Å². The molecule has 0 saturated carbocycles. The Hall–Kier alpha value is -2.89. The van der Waals surface area contributed by atoms with Crippen molar-refractivity contribution in [3.63, 3.8) is 0 Å². The van der Waals surface area contributed by atoms with Crippen molar-refractivity contribution in [2.24, 2.45) is 0 Å². The summed E-state index contributed by atoms with van der Waals surface area (Å²) in [5.41, 5.74) is 0.852. The van der Waals surface area contributed by atoms with Crippen molar-refractivity contribution in [3.05, 3.63) is 71.1 Å². The van der Waals surface area contributed by atoms with Crippen molar-refractivity contribution in [2.75, 3.05) is 0 Å². The summed E-state index contributed by atoms with van der Waals surface area (Å²) in [4.78, 5) is 22.3. The molecule has 0 spiro atoms. The highest BCUT2D eigenvalue weighted by Gasteiger charge is 2.16. The molecule has 1 aromatic heterocycles. The molecule has 0 bridgehead atoms. The third-order valence-corrected chi connectivity index (χ3v) is 2.83. The first-order valence-corrected chi connectivity index (χ1v) is 5.96. The van der Waals surface area contributed by atoms with E-state index < -0.39 is 23.3 Å². The maximum atomic E-state index is 13.6. The molecular formula is C15H11FO5. The number of allylic oxidation sites excluding steroid dienone is 1. The summed E-state index contributed by atoms with van der Waals surface area (Å²) in [5.74, 6) is -3.82. The van der Waals surface area contributed by atoms with Crippen LogP contribution in [0.2, 0.25) is 0 Å². The quantitative estimate of drug-likeness (QED) is 0.502. The average Bonchev–Trinajstić information content (AvgIpc) is 2.89. The average molecular weight is 290 g/mol. The van der Waals surface area contributed by atoms with Crippen molar-refractivity contribution in [1.82, 2.24) is 0 Å². The van der Waals surface area contributed by atoms with Crippen LogP contribution in [0.1, 0.15) is 21.5 Å². The summed E-state index contributed by atoms with van der Waals surface area (Å²) >= 11 is 0. The summed E-state index contributed by atoms with van der Waals surface area (Å²) < 4.78 is 18.5. The Bertz CT molecular complexity index is 714. The number of benzene rings is 1. The van der Waals surface area contributed by atoms with Crippen molar-refractivity contribution in [2.45, 2.75) is 6.42 Å². The zero-order valence-corrected chi connectivity index (χ0v) is 10.7. The topological polar surface area (TPSA) is 87.7 Å². The molecule has 0 fully saturated rings. The lowest BCUT2D eigenvalue weighted by Gasteiger charge is -2.02. The third kappa shape index (κ3) is 3.36. The van der Waals surface area contributed by atoms with E-state index in [1.54, 1.807) is 18.2 Å². The number of hydrogen-bond donors (Lipinski definition) is 2. The standard InChI is InChI=1S/C15H11FO5/c16-12-4-2-1-3-9(12)5-10-7-21-8-11(10)13(17)6-14(18)15(19)20/h1-4,6-8,18H,5H2,(H,19,20). The second-order valence-corrected chi connectivity index (χ2v) is 4.28. The number of carboxylic acid groups (broad SMARTS) is 1. The van der Waals surface area contributed by atoms with Gasteiger partial charge in [0.25, 0.3) is 0 Å². The minimum absolute atomic E-state index is 0.0750. The lowest BCUT2D eigenvalue weighted by atomic mass is 10.0. The number of hydrogen-bond acceptors (Lipinski definition) is 4. The first-order chi connectivity index (χ1) is 9.99. The van der Waals surface area contributed by atoms with Crippen LogP contribution in [0.4, 0.5) is 4.39 Å². The molecule has 0 radical (unpaired) electrons. The van der Waals surface area contributed by atoms with Crippen LogP contribution < -0.4 is 0 Å². The number of aliphatic hydroxyl groups excluding tert-OH is 1. The highest BCUT2D eigenvalue weighted by molar-refractivity contribution is 6.08. The lowest BCUT2D eigenvalue weighted by Crippen LogP contribution is -2.05. The highest BCUT2D eigenvalue weighted by atomic mass is 19.1.